The third-order valence-electron chi connectivity index (χ3n) is 3.52. The molecule has 0 aliphatic rings. The molecule has 0 saturated heterocycles. The van der Waals surface area contributed by atoms with Gasteiger partial charge in [0.1, 0.15) is 0 Å². The van der Waals surface area contributed by atoms with E-state index >= 15 is 0 Å². The molecule has 114 valence electrons. The molecule has 0 saturated carbocycles. The summed E-state index contributed by atoms with van der Waals surface area (Å²) >= 11 is 1.94. The Labute approximate surface area is 128 Å². The molecule has 2 unspecified atom stereocenters. The standard InChI is InChI=1S/C17H29NOS/c1-5-9-18-17(12-20-15(4)8-10-19)16-7-6-13(2)11-14(16)3/h6-7,11,15,17-19H,5,8-10,12H2,1-4H3. The van der Waals surface area contributed by atoms with Crippen LogP contribution < -0.4 is 5.32 Å². The monoisotopic (exact) mass is 295 g/mol. The van der Waals surface area contributed by atoms with Crippen LogP contribution in [-0.2, 0) is 0 Å². The van der Waals surface area contributed by atoms with Gasteiger partial charge in [0, 0.05) is 23.7 Å². The number of rotatable bonds is 9. The summed E-state index contributed by atoms with van der Waals surface area (Å²) in [5.41, 5.74) is 4.10. The van der Waals surface area contributed by atoms with Crippen LogP contribution in [0.15, 0.2) is 18.2 Å². The van der Waals surface area contributed by atoms with Gasteiger partial charge >= 0.3 is 0 Å². The van der Waals surface area contributed by atoms with Crippen LogP contribution in [0.2, 0.25) is 0 Å². The average molecular weight is 295 g/mol. The van der Waals surface area contributed by atoms with Gasteiger partial charge in [-0.2, -0.15) is 11.8 Å². The predicted molar refractivity (Wildman–Crippen MR) is 90.6 cm³/mol. The highest BCUT2D eigenvalue weighted by atomic mass is 32.2. The van der Waals surface area contributed by atoms with Crippen molar-refractivity contribution in [3.63, 3.8) is 0 Å². The molecular formula is C17H29NOS. The van der Waals surface area contributed by atoms with Crippen molar-refractivity contribution < 1.29 is 5.11 Å². The second-order valence-electron chi connectivity index (χ2n) is 5.52. The van der Waals surface area contributed by atoms with Crippen LogP contribution in [0.25, 0.3) is 0 Å². The first-order valence-corrected chi connectivity index (χ1v) is 8.66. The summed E-state index contributed by atoms with van der Waals surface area (Å²) in [5.74, 6) is 1.06. The molecule has 2 nitrogen and oxygen atoms in total. The summed E-state index contributed by atoms with van der Waals surface area (Å²) in [5, 5.41) is 13.2. The van der Waals surface area contributed by atoms with Gasteiger partial charge in [-0.1, -0.05) is 37.6 Å². The third kappa shape index (κ3) is 5.86. The maximum Gasteiger partial charge on any atom is 0.0441 e. The van der Waals surface area contributed by atoms with E-state index in [9.17, 15) is 0 Å². The van der Waals surface area contributed by atoms with Gasteiger partial charge < -0.3 is 10.4 Å². The molecule has 1 aromatic carbocycles. The first-order valence-electron chi connectivity index (χ1n) is 7.61. The molecule has 0 bridgehead atoms. The fourth-order valence-corrected chi connectivity index (χ4v) is 3.41. The number of nitrogens with one attached hydrogen (secondary N) is 1. The van der Waals surface area contributed by atoms with Crippen LogP contribution in [0.4, 0.5) is 0 Å². The smallest absolute Gasteiger partial charge is 0.0441 e. The Morgan fingerprint density at radius 3 is 2.65 bits per heavy atom. The molecule has 0 radical (unpaired) electrons. The number of aliphatic hydroxyl groups excluding tert-OH is 1. The fourth-order valence-electron chi connectivity index (χ4n) is 2.32. The molecule has 0 aliphatic heterocycles. The third-order valence-corrected chi connectivity index (χ3v) is 4.86. The van der Waals surface area contributed by atoms with Gasteiger partial charge in [0.2, 0.25) is 0 Å². The van der Waals surface area contributed by atoms with E-state index in [0.29, 0.717) is 11.3 Å². The topological polar surface area (TPSA) is 32.3 Å². The molecule has 3 heteroatoms. The Balaban J connectivity index is 2.72. The highest BCUT2D eigenvalue weighted by Crippen LogP contribution is 2.25. The highest BCUT2D eigenvalue weighted by Gasteiger charge is 2.15. The SMILES string of the molecule is CCCNC(CSC(C)CCO)c1ccc(C)cc1C. The summed E-state index contributed by atoms with van der Waals surface area (Å²) < 4.78 is 0. The van der Waals surface area contributed by atoms with E-state index in [2.05, 4.69) is 51.2 Å². The van der Waals surface area contributed by atoms with Crippen molar-refractivity contribution in [3.8, 4) is 0 Å². The van der Waals surface area contributed by atoms with Gasteiger partial charge in [-0.25, -0.2) is 0 Å². The summed E-state index contributed by atoms with van der Waals surface area (Å²) in [6.07, 6.45) is 2.02. The quantitative estimate of drug-likeness (QED) is 0.726. The summed E-state index contributed by atoms with van der Waals surface area (Å²) in [6.45, 7) is 10.1. The zero-order valence-electron chi connectivity index (χ0n) is 13.3. The Hall–Kier alpha value is -0.510. The molecule has 2 N–H and O–H groups in total. The molecule has 0 aliphatic carbocycles. The molecule has 0 aromatic heterocycles. The number of aliphatic hydroxyl groups is 1. The minimum absolute atomic E-state index is 0.283. The van der Waals surface area contributed by atoms with Gasteiger partial charge in [-0.3, -0.25) is 0 Å². The Morgan fingerprint density at radius 1 is 1.30 bits per heavy atom. The number of thioether (sulfide) groups is 1. The van der Waals surface area contributed by atoms with Crippen LogP contribution in [0.5, 0.6) is 0 Å². The average Bonchev–Trinajstić information content (AvgIpc) is 2.40. The van der Waals surface area contributed by atoms with Gasteiger partial charge in [0.05, 0.1) is 0 Å². The van der Waals surface area contributed by atoms with Gasteiger partial charge in [-0.05, 0) is 44.4 Å². The first-order chi connectivity index (χ1) is 9.58. The lowest BCUT2D eigenvalue weighted by Crippen LogP contribution is -2.25. The Morgan fingerprint density at radius 2 is 2.05 bits per heavy atom. The van der Waals surface area contributed by atoms with Crippen LogP contribution >= 0.6 is 11.8 Å². The number of hydrogen-bond donors (Lipinski definition) is 2. The molecule has 0 fully saturated rings. The molecule has 1 rings (SSSR count). The lowest BCUT2D eigenvalue weighted by atomic mass is 10.00. The van der Waals surface area contributed by atoms with Crippen molar-refractivity contribution in [2.45, 2.75) is 51.8 Å². The predicted octanol–water partition coefficient (Wildman–Crippen LogP) is 3.85. The second kappa shape index (κ2) is 9.43. The van der Waals surface area contributed by atoms with E-state index in [1.807, 2.05) is 11.8 Å². The number of aryl methyl sites for hydroxylation is 2. The van der Waals surface area contributed by atoms with Crippen LogP contribution in [-0.4, -0.2) is 29.3 Å². The molecule has 20 heavy (non-hydrogen) atoms. The van der Waals surface area contributed by atoms with Crippen molar-refractivity contribution in [1.82, 2.24) is 5.32 Å². The van der Waals surface area contributed by atoms with Gasteiger partial charge in [0.25, 0.3) is 0 Å². The molecule has 0 heterocycles. The zero-order valence-corrected chi connectivity index (χ0v) is 14.1. The highest BCUT2D eigenvalue weighted by molar-refractivity contribution is 7.99. The molecule has 0 amide bonds. The number of hydrogen-bond acceptors (Lipinski definition) is 3. The molecule has 2 atom stereocenters. The van der Waals surface area contributed by atoms with Crippen LogP contribution in [0.3, 0.4) is 0 Å². The minimum atomic E-state index is 0.283. The maximum atomic E-state index is 9.01. The lowest BCUT2D eigenvalue weighted by Gasteiger charge is -2.22. The van der Waals surface area contributed by atoms with E-state index in [1.165, 1.54) is 16.7 Å². The largest absolute Gasteiger partial charge is 0.396 e. The van der Waals surface area contributed by atoms with E-state index in [4.69, 9.17) is 5.11 Å². The second-order valence-corrected chi connectivity index (χ2v) is 6.99. The normalized spacial score (nSPS) is 14.2. The van der Waals surface area contributed by atoms with Crippen molar-refractivity contribution >= 4 is 11.8 Å². The van der Waals surface area contributed by atoms with Gasteiger partial charge in [0.15, 0.2) is 0 Å². The number of benzene rings is 1. The van der Waals surface area contributed by atoms with Crippen molar-refractivity contribution in [2.75, 3.05) is 18.9 Å². The minimum Gasteiger partial charge on any atom is -0.396 e. The van der Waals surface area contributed by atoms with Crippen LogP contribution in [0.1, 0.15) is 49.4 Å². The van der Waals surface area contributed by atoms with E-state index < -0.39 is 0 Å². The summed E-state index contributed by atoms with van der Waals surface area (Å²) in [7, 11) is 0. The van der Waals surface area contributed by atoms with E-state index in [1.54, 1.807) is 0 Å². The maximum absolute atomic E-state index is 9.01. The van der Waals surface area contributed by atoms with E-state index in [-0.39, 0.29) is 6.61 Å². The van der Waals surface area contributed by atoms with Crippen LogP contribution in [0, 0.1) is 13.8 Å². The summed E-state index contributed by atoms with van der Waals surface area (Å²) in [4.78, 5) is 0. The Kier molecular flexibility index (Phi) is 8.27. The zero-order chi connectivity index (χ0) is 15.0. The Bertz CT molecular complexity index is 395. The molecular weight excluding hydrogens is 266 g/mol. The lowest BCUT2D eigenvalue weighted by molar-refractivity contribution is 0.289. The molecule has 1 aromatic rings. The summed E-state index contributed by atoms with van der Waals surface area (Å²) in [6, 6.07) is 7.12. The van der Waals surface area contributed by atoms with Crippen molar-refractivity contribution in [2.24, 2.45) is 0 Å². The first kappa shape index (κ1) is 17.5. The molecule has 0 spiro atoms. The van der Waals surface area contributed by atoms with Crippen molar-refractivity contribution in [3.05, 3.63) is 34.9 Å². The van der Waals surface area contributed by atoms with E-state index in [0.717, 1.165) is 25.1 Å². The fraction of sp³-hybridized carbons (Fsp3) is 0.647. The van der Waals surface area contributed by atoms with Gasteiger partial charge in [-0.15, -0.1) is 0 Å². The van der Waals surface area contributed by atoms with Crippen molar-refractivity contribution in [1.29, 1.82) is 0 Å².